The Bertz CT molecular complexity index is 626. The van der Waals surface area contributed by atoms with E-state index in [0.717, 1.165) is 5.56 Å². The number of urea groups is 1. The molecule has 8 nitrogen and oxygen atoms in total. The van der Waals surface area contributed by atoms with Gasteiger partial charge in [-0.15, -0.1) is 0 Å². The standard InChI is InChI=1S/C13H15N5O3/c1-8-2-10(6-14-4-8)17-13(21)18-11(12(19)20)3-9-5-15-7-16-9/h2,4-7,11H,3H2,1H3,(H,15,16)(H,19,20)(H2,17,18,21)/t11-/m1/s1. The van der Waals surface area contributed by atoms with Crippen LogP contribution in [0.15, 0.2) is 31.0 Å². The van der Waals surface area contributed by atoms with Gasteiger partial charge in [0.15, 0.2) is 0 Å². The van der Waals surface area contributed by atoms with Crippen LogP contribution in [-0.2, 0) is 11.2 Å². The number of hydrogen-bond acceptors (Lipinski definition) is 4. The number of aliphatic carboxylic acids is 1. The minimum Gasteiger partial charge on any atom is -0.480 e. The number of rotatable bonds is 5. The molecule has 2 rings (SSSR count). The lowest BCUT2D eigenvalue weighted by atomic mass is 10.2. The molecule has 1 atom stereocenters. The molecule has 8 heteroatoms. The highest BCUT2D eigenvalue weighted by atomic mass is 16.4. The zero-order valence-electron chi connectivity index (χ0n) is 11.3. The van der Waals surface area contributed by atoms with Crippen molar-refractivity contribution in [1.29, 1.82) is 0 Å². The van der Waals surface area contributed by atoms with E-state index < -0.39 is 18.0 Å². The highest BCUT2D eigenvalue weighted by Crippen LogP contribution is 2.07. The van der Waals surface area contributed by atoms with Crippen LogP contribution < -0.4 is 10.6 Å². The number of H-pyrrole nitrogens is 1. The van der Waals surface area contributed by atoms with Crippen LogP contribution >= 0.6 is 0 Å². The Kier molecular flexibility index (Phi) is 4.50. The smallest absolute Gasteiger partial charge is 0.326 e. The second kappa shape index (κ2) is 6.51. The van der Waals surface area contributed by atoms with Crippen molar-refractivity contribution in [2.24, 2.45) is 0 Å². The summed E-state index contributed by atoms with van der Waals surface area (Å²) >= 11 is 0. The van der Waals surface area contributed by atoms with Crippen molar-refractivity contribution in [3.8, 4) is 0 Å². The Hall–Kier alpha value is -2.90. The Labute approximate surface area is 120 Å². The highest BCUT2D eigenvalue weighted by Gasteiger charge is 2.21. The van der Waals surface area contributed by atoms with Gasteiger partial charge in [-0.05, 0) is 18.6 Å². The second-order valence-electron chi connectivity index (χ2n) is 4.52. The first kappa shape index (κ1) is 14.5. The first-order valence-corrected chi connectivity index (χ1v) is 6.24. The number of carboxylic acids is 1. The van der Waals surface area contributed by atoms with Crippen molar-refractivity contribution in [3.05, 3.63) is 42.2 Å². The number of aromatic amines is 1. The van der Waals surface area contributed by atoms with E-state index in [1.807, 2.05) is 6.92 Å². The van der Waals surface area contributed by atoms with Gasteiger partial charge in [0.05, 0.1) is 18.2 Å². The van der Waals surface area contributed by atoms with Gasteiger partial charge in [-0.2, -0.15) is 0 Å². The number of aryl methyl sites for hydroxylation is 1. The molecule has 0 unspecified atom stereocenters. The molecule has 110 valence electrons. The van der Waals surface area contributed by atoms with Crippen LogP contribution in [0.2, 0.25) is 0 Å². The van der Waals surface area contributed by atoms with Crippen LogP contribution in [0.3, 0.4) is 0 Å². The molecule has 0 fully saturated rings. The maximum atomic E-state index is 11.8. The molecule has 21 heavy (non-hydrogen) atoms. The van der Waals surface area contributed by atoms with E-state index in [-0.39, 0.29) is 6.42 Å². The fourth-order valence-electron chi connectivity index (χ4n) is 1.77. The molecule has 2 aromatic heterocycles. The molecular weight excluding hydrogens is 274 g/mol. The SMILES string of the molecule is Cc1cncc(NC(=O)N[C@H](Cc2cnc[nH]2)C(=O)O)c1. The lowest BCUT2D eigenvalue weighted by Gasteiger charge is -2.14. The van der Waals surface area contributed by atoms with Crippen molar-refractivity contribution in [2.75, 3.05) is 5.32 Å². The van der Waals surface area contributed by atoms with Crippen molar-refractivity contribution < 1.29 is 14.7 Å². The molecule has 2 aromatic rings. The number of hydrogen-bond donors (Lipinski definition) is 4. The van der Waals surface area contributed by atoms with Crippen LogP contribution in [0.4, 0.5) is 10.5 Å². The maximum absolute atomic E-state index is 11.8. The third-order valence-corrected chi connectivity index (χ3v) is 2.72. The minimum atomic E-state index is -1.12. The Morgan fingerprint density at radius 3 is 2.76 bits per heavy atom. The van der Waals surface area contributed by atoms with Crippen molar-refractivity contribution in [3.63, 3.8) is 0 Å². The number of imidazole rings is 1. The molecule has 0 saturated heterocycles. The third-order valence-electron chi connectivity index (χ3n) is 2.72. The fraction of sp³-hybridized carbons (Fsp3) is 0.231. The number of pyridine rings is 1. The molecule has 0 radical (unpaired) electrons. The minimum absolute atomic E-state index is 0.120. The zero-order valence-corrected chi connectivity index (χ0v) is 11.3. The third kappa shape index (κ3) is 4.30. The summed E-state index contributed by atoms with van der Waals surface area (Å²) in [5, 5.41) is 14.1. The first-order valence-electron chi connectivity index (χ1n) is 6.24. The summed E-state index contributed by atoms with van der Waals surface area (Å²) < 4.78 is 0. The van der Waals surface area contributed by atoms with E-state index in [1.165, 1.54) is 18.7 Å². The summed E-state index contributed by atoms with van der Waals surface area (Å²) in [5.41, 5.74) is 2.01. The quantitative estimate of drug-likeness (QED) is 0.652. The molecule has 0 aliphatic heterocycles. The number of anilines is 1. The summed E-state index contributed by atoms with van der Waals surface area (Å²) in [6, 6.07) is 0.0783. The van der Waals surface area contributed by atoms with Gasteiger partial charge in [0.25, 0.3) is 0 Å². The molecule has 0 spiro atoms. The largest absolute Gasteiger partial charge is 0.480 e. The number of carbonyl (C=O) groups excluding carboxylic acids is 1. The molecule has 0 bridgehead atoms. The van der Waals surface area contributed by atoms with Gasteiger partial charge in [-0.3, -0.25) is 4.98 Å². The molecule has 2 amide bonds. The summed E-state index contributed by atoms with van der Waals surface area (Å²) in [6.45, 7) is 1.84. The van der Waals surface area contributed by atoms with Crippen LogP contribution in [0.5, 0.6) is 0 Å². The first-order chi connectivity index (χ1) is 10.0. The molecule has 0 saturated carbocycles. The van der Waals surface area contributed by atoms with Gasteiger partial charge in [-0.1, -0.05) is 0 Å². The average Bonchev–Trinajstić information content (AvgIpc) is 2.90. The second-order valence-corrected chi connectivity index (χ2v) is 4.52. The van der Waals surface area contributed by atoms with Crippen LogP contribution in [-0.4, -0.2) is 38.1 Å². The number of aromatic nitrogens is 3. The lowest BCUT2D eigenvalue weighted by Crippen LogP contribution is -2.44. The number of amides is 2. The predicted octanol–water partition coefficient (Wildman–Crippen LogP) is 0.931. The van der Waals surface area contributed by atoms with Gasteiger partial charge in [0.2, 0.25) is 0 Å². The van der Waals surface area contributed by atoms with Gasteiger partial charge in [0, 0.05) is 24.5 Å². The maximum Gasteiger partial charge on any atom is 0.326 e. The number of carboxylic acid groups (broad SMARTS) is 1. The molecule has 0 aliphatic carbocycles. The monoisotopic (exact) mass is 289 g/mol. The van der Waals surface area contributed by atoms with E-state index >= 15 is 0 Å². The van der Waals surface area contributed by atoms with Gasteiger partial charge >= 0.3 is 12.0 Å². The molecular formula is C13H15N5O3. The Morgan fingerprint density at radius 2 is 2.14 bits per heavy atom. The normalized spacial score (nSPS) is 11.7. The van der Waals surface area contributed by atoms with Gasteiger partial charge in [0.1, 0.15) is 6.04 Å². The van der Waals surface area contributed by atoms with E-state index in [0.29, 0.717) is 11.4 Å². The zero-order chi connectivity index (χ0) is 15.2. The number of carbonyl (C=O) groups is 2. The van der Waals surface area contributed by atoms with Crippen molar-refractivity contribution in [1.82, 2.24) is 20.3 Å². The van der Waals surface area contributed by atoms with E-state index in [2.05, 4.69) is 25.6 Å². The average molecular weight is 289 g/mol. The van der Waals surface area contributed by atoms with Crippen molar-refractivity contribution >= 4 is 17.7 Å². The number of nitrogens with one attached hydrogen (secondary N) is 3. The Morgan fingerprint density at radius 1 is 1.33 bits per heavy atom. The van der Waals surface area contributed by atoms with E-state index in [4.69, 9.17) is 5.11 Å². The lowest BCUT2D eigenvalue weighted by molar-refractivity contribution is -0.139. The highest BCUT2D eigenvalue weighted by molar-refractivity contribution is 5.92. The van der Waals surface area contributed by atoms with Crippen LogP contribution in [0.1, 0.15) is 11.3 Å². The Balaban J connectivity index is 1.96. The molecule has 4 N–H and O–H groups in total. The fourth-order valence-corrected chi connectivity index (χ4v) is 1.77. The van der Waals surface area contributed by atoms with E-state index in [1.54, 1.807) is 12.3 Å². The summed E-state index contributed by atoms with van der Waals surface area (Å²) in [5.74, 6) is -1.12. The topological polar surface area (TPSA) is 120 Å². The van der Waals surface area contributed by atoms with Gasteiger partial charge < -0.3 is 20.7 Å². The number of nitrogens with zero attached hydrogens (tertiary/aromatic N) is 2. The van der Waals surface area contributed by atoms with Crippen LogP contribution in [0.25, 0.3) is 0 Å². The van der Waals surface area contributed by atoms with Gasteiger partial charge in [-0.25, -0.2) is 14.6 Å². The predicted molar refractivity (Wildman–Crippen MR) is 74.8 cm³/mol. The molecule has 2 heterocycles. The summed E-state index contributed by atoms with van der Waals surface area (Å²) in [7, 11) is 0. The van der Waals surface area contributed by atoms with Crippen molar-refractivity contribution in [2.45, 2.75) is 19.4 Å². The summed E-state index contributed by atoms with van der Waals surface area (Å²) in [4.78, 5) is 33.5. The van der Waals surface area contributed by atoms with Crippen LogP contribution in [0, 0.1) is 6.92 Å². The molecule has 0 aromatic carbocycles. The van der Waals surface area contributed by atoms with E-state index in [9.17, 15) is 9.59 Å². The molecule has 0 aliphatic rings. The summed E-state index contributed by atoms with van der Waals surface area (Å²) in [6.07, 6.45) is 6.22.